The van der Waals surface area contributed by atoms with Crippen LogP contribution in [-0.4, -0.2) is 57.4 Å². The third-order valence-electron chi connectivity index (χ3n) is 4.32. The van der Waals surface area contributed by atoms with Crippen LogP contribution < -0.4 is 10.2 Å². The van der Waals surface area contributed by atoms with E-state index in [1.807, 2.05) is 6.92 Å². The van der Waals surface area contributed by atoms with E-state index in [4.69, 9.17) is 0 Å². The molecule has 23 heavy (non-hydrogen) atoms. The van der Waals surface area contributed by atoms with Crippen LogP contribution in [0.3, 0.4) is 0 Å². The van der Waals surface area contributed by atoms with Crippen molar-refractivity contribution in [2.24, 2.45) is 5.92 Å². The lowest BCUT2D eigenvalue weighted by atomic mass is 10.1. The third-order valence-corrected chi connectivity index (χ3v) is 7.59. The van der Waals surface area contributed by atoms with Crippen molar-refractivity contribution in [3.8, 4) is 0 Å². The molecule has 2 N–H and O–H groups in total. The molecule has 0 aliphatic carbocycles. The Morgan fingerprint density at radius 3 is 2.52 bits per heavy atom. The van der Waals surface area contributed by atoms with Gasteiger partial charge in [0.25, 0.3) is 15.9 Å². The SMILES string of the molecule is CC(C)[C@@H](C)NC(=O)C[NH+]1CCN(S(=O)(=O)c2cccs2)CC1. The van der Waals surface area contributed by atoms with Gasteiger partial charge in [-0.05, 0) is 24.3 Å². The topological polar surface area (TPSA) is 70.9 Å². The molecule has 0 aromatic carbocycles. The highest BCUT2D eigenvalue weighted by molar-refractivity contribution is 7.91. The number of thiophene rings is 1. The summed E-state index contributed by atoms with van der Waals surface area (Å²) in [6.07, 6.45) is 0. The van der Waals surface area contributed by atoms with Gasteiger partial charge in [-0.1, -0.05) is 19.9 Å². The number of nitrogens with zero attached hydrogens (tertiary/aromatic N) is 1. The van der Waals surface area contributed by atoms with Gasteiger partial charge in [-0.3, -0.25) is 4.79 Å². The van der Waals surface area contributed by atoms with E-state index >= 15 is 0 Å². The molecule has 1 aliphatic rings. The highest BCUT2D eigenvalue weighted by atomic mass is 32.2. The number of hydrogen-bond donors (Lipinski definition) is 2. The zero-order chi connectivity index (χ0) is 17.0. The highest BCUT2D eigenvalue weighted by Gasteiger charge is 2.31. The van der Waals surface area contributed by atoms with Crippen LogP contribution in [0.1, 0.15) is 20.8 Å². The lowest BCUT2D eigenvalue weighted by Gasteiger charge is -2.31. The molecule has 1 aromatic rings. The number of nitrogens with one attached hydrogen (secondary N) is 2. The Hall–Kier alpha value is -0.960. The number of carbonyl (C=O) groups is 1. The first-order chi connectivity index (χ1) is 10.8. The van der Waals surface area contributed by atoms with Crippen LogP contribution in [0.25, 0.3) is 0 Å². The largest absolute Gasteiger partial charge is 0.348 e. The van der Waals surface area contributed by atoms with Gasteiger partial charge in [0.2, 0.25) is 0 Å². The molecule has 6 nitrogen and oxygen atoms in total. The Morgan fingerprint density at radius 1 is 1.35 bits per heavy atom. The number of sulfonamides is 1. The van der Waals surface area contributed by atoms with Crippen LogP contribution in [0, 0.1) is 5.92 Å². The lowest BCUT2D eigenvalue weighted by molar-refractivity contribution is -0.895. The van der Waals surface area contributed by atoms with Gasteiger partial charge in [-0.25, -0.2) is 8.42 Å². The Kier molecular flexibility index (Phi) is 6.19. The fourth-order valence-corrected chi connectivity index (χ4v) is 5.04. The maximum absolute atomic E-state index is 12.4. The lowest BCUT2D eigenvalue weighted by Crippen LogP contribution is -3.15. The molecule has 1 aromatic heterocycles. The van der Waals surface area contributed by atoms with Gasteiger partial charge < -0.3 is 10.2 Å². The maximum atomic E-state index is 12.4. The zero-order valence-corrected chi connectivity index (χ0v) is 15.5. The molecule has 1 fully saturated rings. The Morgan fingerprint density at radius 2 is 2.00 bits per heavy atom. The number of piperazine rings is 1. The summed E-state index contributed by atoms with van der Waals surface area (Å²) in [6.45, 7) is 8.80. The normalized spacial score (nSPS) is 19.0. The van der Waals surface area contributed by atoms with Crippen molar-refractivity contribution in [1.82, 2.24) is 9.62 Å². The van der Waals surface area contributed by atoms with E-state index in [0.717, 1.165) is 4.90 Å². The summed E-state index contributed by atoms with van der Waals surface area (Å²) >= 11 is 1.24. The summed E-state index contributed by atoms with van der Waals surface area (Å²) in [5.41, 5.74) is 0. The molecule has 1 saturated heterocycles. The number of hydrogen-bond acceptors (Lipinski definition) is 4. The van der Waals surface area contributed by atoms with Crippen molar-refractivity contribution >= 4 is 27.3 Å². The molecule has 0 saturated carbocycles. The molecule has 2 rings (SSSR count). The molecule has 0 radical (unpaired) electrons. The standard InChI is InChI=1S/C15H25N3O3S2/c1-12(2)13(3)16-14(19)11-17-6-8-18(9-7-17)23(20,21)15-5-4-10-22-15/h4-5,10,12-13H,6-9,11H2,1-3H3,(H,16,19)/p+1/t13-/m1/s1. The molecule has 1 atom stereocenters. The van der Waals surface area contributed by atoms with Gasteiger partial charge in [0.15, 0.2) is 6.54 Å². The van der Waals surface area contributed by atoms with E-state index in [1.54, 1.807) is 17.5 Å². The Bertz CT molecular complexity index is 606. The quantitative estimate of drug-likeness (QED) is 0.738. The predicted molar refractivity (Wildman–Crippen MR) is 91.1 cm³/mol. The summed E-state index contributed by atoms with van der Waals surface area (Å²) in [5.74, 6) is 0.442. The van der Waals surface area contributed by atoms with Crippen LogP contribution in [0.2, 0.25) is 0 Å². The van der Waals surface area contributed by atoms with Crippen molar-refractivity contribution < 1.29 is 18.1 Å². The summed E-state index contributed by atoms with van der Waals surface area (Å²) in [4.78, 5) is 13.2. The monoisotopic (exact) mass is 360 g/mol. The summed E-state index contributed by atoms with van der Waals surface area (Å²) in [6, 6.07) is 3.54. The maximum Gasteiger partial charge on any atom is 0.275 e. The predicted octanol–water partition coefficient (Wildman–Crippen LogP) is -0.202. The third kappa shape index (κ3) is 4.76. The molecule has 0 bridgehead atoms. The molecule has 0 unspecified atom stereocenters. The first-order valence-electron chi connectivity index (χ1n) is 7.97. The minimum atomic E-state index is -3.36. The Labute approximate surface area is 142 Å². The fourth-order valence-electron chi connectivity index (χ4n) is 2.46. The minimum absolute atomic E-state index is 0.0377. The number of quaternary nitrogens is 1. The van der Waals surface area contributed by atoms with E-state index in [0.29, 0.717) is 42.9 Å². The van der Waals surface area contributed by atoms with E-state index in [9.17, 15) is 13.2 Å². The smallest absolute Gasteiger partial charge is 0.275 e. The van der Waals surface area contributed by atoms with E-state index in [1.165, 1.54) is 15.6 Å². The Balaban J connectivity index is 1.83. The van der Waals surface area contributed by atoms with Crippen molar-refractivity contribution in [3.05, 3.63) is 17.5 Å². The van der Waals surface area contributed by atoms with Crippen LogP contribution in [-0.2, 0) is 14.8 Å². The first kappa shape index (κ1) is 18.4. The van der Waals surface area contributed by atoms with Crippen LogP contribution in [0.15, 0.2) is 21.7 Å². The van der Waals surface area contributed by atoms with Crippen LogP contribution >= 0.6 is 11.3 Å². The zero-order valence-electron chi connectivity index (χ0n) is 13.9. The summed E-state index contributed by atoms with van der Waals surface area (Å²) in [7, 11) is -3.36. The average molecular weight is 361 g/mol. The molecular weight excluding hydrogens is 334 g/mol. The van der Waals surface area contributed by atoms with Gasteiger partial charge in [-0.15, -0.1) is 11.3 Å². The van der Waals surface area contributed by atoms with Crippen molar-refractivity contribution in [2.75, 3.05) is 32.7 Å². The number of rotatable bonds is 6. The highest BCUT2D eigenvalue weighted by Crippen LogP contribution is 2.20. The van der Waals surface area contributed by atoms with Crippen LogP contribution in [0.5, 0.6) is 0 Å². The number of carbonyl (C=O) groups excluding carboxylic acids is 1. The van der Waals surface area contributed by atoms with Crippen molar-refractivity contribution in [3.63, 3.8) is 0 Å². The van der Waals surface area contributed by atoms with Crippen molar-refractivity contribution in [1.29, 1.82) is 0 Å². The van der Waals surface area contributed by atoms with Gasteiger partial charge >= 0.3 is 0 Å². The fraction of sp³-hybridized carbons (Fsp3) is 0.667. The van der Waals surface area contributed by atoms with E-state index in [-0.39, 0.29) is 11.9 Å². The average Bonchev–Trinajstić information content (AvgIpc) is 3.02. The molecule has 0 spiro atoms. The second-order valence-electron chi connectivity index (χ2n) is 6.36. The van der Waals surface area contributed by atoms with Crippen LogP contribution in [0.4, 0.5) is 0 Å². The summed E-state index contributed by atoms with van der Waals surface area (Å²) < 4.78 is 26.8. The molecule has 1 aliphatic heterocycles. The second-order valence-corrected chi connectivity index (χ2v) is 9.48. The van der Waals surface area contributed by atoms with E-state index in [2.05, 4.69) is 19.2 Å². The first-order valence-corrected chi connectivity index (χ1v) is 10.3. The van der Waals surface area contributed by atoms with Gasteiger partial charge in [0.1, 0.15) is 4.21 Å². The van der Waals surface area contributed by atoms with Gasteiger partial charge in [0, 0.05) is 6.04 Å². The number of amides is 1. The molecule has 2 heterocycles. The van der Waals surface area contributed by atoms with E-state index < -0.39 is 10.0 Å². The summed E-state index contributed by atoms with van der Waals surface area (Å²) in [5, 5.41) is 4.77. The van der Waals surface area contributed by atoms with Crippen molar-refractivity contribution in [2.45, 2.75) is 31.0 Å². The van der Waals surface area contributed by atoms with Gasteiger partial charge in [0.05, 0.1) is 26.2 Å². The molecular formula is C15H26N3O3S2+. The second kappa shape index (κ2) is 7.74. The minimum Gasteiger partial charge on any atom is -0.348 e. The molecule has 1 amide bonds. The molecule has 8 heteroatoms. The van der Waals surface area contributed by atoms with Gasteiger partial charge in [-0.2, -0.15) is 4.31 Å². The molecule has 130 valence electrons.